The van der Waals surface area contributed by atoms with Crippen molar-refractivity contribution in [3.8, 4) is 0 Å². The zero-order valence-corrected chi connectivity index (χ0v) is 13.3. The number of benzene rings is 2. The first-order valence-electron chi connectivity index (χ1n) is 7.71. The van der Waals surface area contributed by atoms with Gasteiger partial charge in [0.15, 0.2) is 0 Å². The van der Waals surface area contributed by atoms with Crippen LogP contribution in [-0.2, 0) is 4.79 Å². The van der Waals surface area contributed by atoms with Gasteiger partial charge in [-0.3, -0.25) is 4.79 Å². The summed E-state index contributed by atoms with van der Waals surface area (Å²) in [6.07, 6.45) is 0.192. The standard InChI is InChI=1S/C18H18FN3O2/c1-12-4-2-6-14(8-12)20-18(24)21-15-10-17(23)22(11-15)16-7-3-5-13(19)9-16/h2-9,15H,10-11H2,1H3,(H2,20,21,24). The molecule has 3 rings (SSSR count). The lowest BCUT2D eigenvalue weighted by Crippen LogP contribution is -2.39. The van der Waals surface area contributed by atoms with Gasteiger partial charge in [0, 0.05) is 24.3 Å². The summed E-state index contributed by atoms with van der Waals surface area (Å²) in [5.41, 5.74) is 2.24. The van der Waals surface area contributed by atoms with E-state index in [4.69, 9.17) is 0 Å². The van der Waals surface area contributed by atoms with Crippen LogP contribution in [0.2, 0.25) is 0 Å². The maximum absolute atomic E-state index is 13.3. The minimum absolute atomic E-state index is 0.138. The second kappa shape index (κ2) is 6.70. The topological polar surface area (TPSA) is 61.4 Å². The molecule has 0 radical (unpaired) electrons. The average molecular weight is 327 g/mol. The monoisotopic (exact) mass is 327 g/mol. The number of carbonyl (C=O) groups excluding carboxylic acids is 2. The van der Waals surface area contributed by atoms with Crippen LogP contribution in [0.3, 0.4) is 0 Å². The fourth-order valence-corrected chi connectivity index (χ4v) is 2.77. The Balaban J connectivity index is 1.61. The van der Waals surface area contributed by atoms with E-state index in [9.17, 15) is 14.0 Å². The van der Waals surface area contributed by atoms with Gasteiger partial charge in [-0.05, 0) is 42.8 Å². The number of halogens is 1. The molecule has 6 heteroatoms. The van der Waals surface area contributed by atoms with Gasteiger partial charge in [-0.15, -0.1) is 0 Å². The number of amides is 3. The van der Waals surface area contributed by atoms with E-state index in [1.807, 2.05) is 25.1 Å². The van der Waals surface area contributed by atoms with Crippen molar-refractivity contribution in [1.29, 1.82) is 0 Å². The quantitative estimate of drug-likeness (QED) is 0.910. The van der Waals surface area contributed by atoms with Crippen LogP contribution in [0.4, 0.5) is 20.6 Å². The summed E-state index contributed by atoms with van der Waals surface area (Å²) in [5, 5.41) is 5.53. The highest BCUT2D eigenvalue weighted by atomic mass is 19.1. The molecule has 124 valence electrons. The predicted octanol–water partition coefficient (Wildman–Crippen LogP) is 3.06. The molecular formula is C18H18FN3O2. The minimum Gasteiger partial charge on any atom is -0.333 e. The first-order chi connectivity index (χ1) is 11.5. The minimum atomic E-state index is -0.395. The lowest BCUT2D eigenvalue weighted by Gasteiger charge is -2.17. The summed E-state index contributed by atoms with van der Waals surface area (Å²) in [6, 6.07) is 12.7. The van der Waals surface area contributed by atoms with Gasteiger partial charge in [0.1, 0.15) is 5.82 Å². The van der Waals surface area contributed by atoms with Gasteiger partial charge in [0.05, 0.1) is 6.04 Å². The van der Waals surface area contributed by atoms with Crippen LogP contribution in [0.1, 0.15) is 12.0 Å². The summed E-state index contributed by atoms with van der Waals surface area (Å²) in [6.45, 7) is 2.26. The molecule has 3 amide bonds. The van der Waals surface area contributed by atoms with Gasteiger partial charge in [0.2, 0.25) is 5.91 Å². The van der Waals surface area contributed by atoms with E-state index < -0.39 is 5.82 Å². The van der Waals surface area contributed by atoms with Crippen molar-refractivity contribution in [2.24, 2.45) is 0 Å². The van der Waals surface area contributed by atoms with E-state index in [2.05, 4.69) is 10.6 Å². The van der Waals surface area contributed by atoms with Crippen molar-refractivity contribution in [3.05, 3.63) is 59.9 Å². The molecule has 0 aromatic heterocycles. The first-order valence-corrected chi connectivity index (χ1v) is 7.71. The molecule has 0 aliphatic carbocycles. The fourth-order valence-electron chi connectivity index (χ4n) is 2.77. The van der Waals surface area contributed by atoms with Gasteiger partial charge in [-0.2, -0.15) is 0 Å². The lowest BCUT2D eigenvalue weighted by molar-refractivity contribution is -0.117. The number of hydrogen-bond donors (Lipinski definition) is 2. The molecule has 24 heavy (non-hydrogen) atoms. The summed E-state index contributed by atoms with van der Waals surface area (Å²) in [4.78, 5) is 25.7. The SMILES string of the molecule is Cc1cccc(NC(=O)NC2CC(=O)N(c3cccc(F)c3)C2)c1. The number of nitrogens with zero attached hydrogens (tertiary/aromatic N) is 1. The van der Waals surface area contributed by atoms with Gasteiger partial charge >= 0.3 is 6.03 Å². The molecule has 1 saturated heterocycles. The third-order valence-corrected chi connectivity index (χ3v) is 3.86. The Labute approximate surface area is 139 Å². The van der Waals surface area contributed by atoms with Crippen LogP contribution in [0.15, 0.2) is 48.5 Å². The van der Waals surface area contributed by atoms with Crippen molar-refractivity contribution in [3.63, 3.8) is 0 Å². The number of anilines is 2. The van der Waals surface area contributed by atoms with E-state index >= 15 is 0 Å². The van der Waals surface area contributed by atoms with E-state index in [0.717, 1.165) is 5.56 Å². The van der Waals surface area contributed by atoms with E-state index in [1.165, 1.54) is 17.0 Å². The molecule has 0 saturated carbocycles. The molecule has 1 aliphatic heterocycles. The number of carbonyl (C=O) groups is 2. The Morgan fingerprint density at radius 2 is 2.00 bits per heavy atom. The van der Waals surface area contributed by atoms with E-state index in [-0.39, 0.29) is 24.4 Å². The predicted molar refractivity (Wildman–Crippen MR) is 90.5 cm³/mol. The van der Waals surface area contributed by atoms with Crippen molar-refractivity contribution < 1.29 is 14.0 Å². The molecule has 0 bridgehead atoms. The number of hydrogen-bond acceptors (Lipinski definition) is 2. The van der Waals surface area contributed by atoms with Crippen LogP contribution in [-0.4, -0.2) is 24.5 Å². The maximum atomic E-state index is 13.3. The van der Waals surface area contributed by atoms with Crippen molar-refractivity contribution in [2.75, 3.05) is 16.8 Å². The molecule has 2 aromatic carbocycles. The third kappa shape index (κ3) is 3.71. The molecule has 1 aliphatic rings. The molecule has 1 atom stereocenters. The lowest BCUT2D eigenvalue weighted by atomic mass is 10.2. The second-order valence-electron chi connectivity index (χ2n) is 5.85. The van der Waals surface area contributed by atoms with Crippen LogP contribution in [0.5, 0.6) is 0 Å². The first kappa shape index (κ1) is 16.0. The van der Waals surface area contributed by atoms with Crippen molar-refractivity contribution in [1.82, 2.24) is 5.32 Å². The highest BCUT2D eigenvalue weighted by molar-refractivity contribution is 5.97. The summed E-state index contributed by atoms with van der Waals surface area (Å²) in [5.74, 6) is -0.532. The number of aryl methyl sites for hydroxylation is 1. The Morgan fingerprint density at radius 3 is 2.75 bits per heavy atom. The highest BCUT2D eigenvalue weighted by Gasteiger charge is 2.31. The molecule has 2 aromatic rings. The normalized spacial score (nSPS) is 17.0. The number of urea groups is 1. The molecule has 2 N–H and O–H groups in total. The zero-order valence-electron chi connectivity index (χ0n) is 13.3. The molecular weight excluding hydrogens is 309 g/mol. The van der Waals surface area contributed by atoms with Crippen LogP contribution in [0, 0.1) is 12.7 Å². The van der Waals surface area contributed by atoms with Crippen molar-refractivity contribution >= 4 is 23.3 Å². The molecule has 1 unspecified atom stereocenters. The molecule has 1 heterocycles. The van der Waals surface area contributed by atoms with E-state index in [1.54, 1.807) is 18.2 Å². The van der Waals surface area contributed by atoms with Gasteiger partial charge in [-0.1, -0.05) is 18.2 Å². The Kier molecular flexibility index (Phi) is 4.46. The van der Waals surface area contributed by atoms with Crippen molar-refractivity contribution in [2.45, 2.75) is 19.4 Å². The Morgan fingerprint density at radius 1 is 1.21 bits per heavy atom. The molecule has 1 fully saturated rings. The molecule has 0 spiro atoms. The third-order valence-electron chi connectivity index (χ3n) is 3.86. The van der Waals surface area contributed by atoms with E-state index in [0.29, 0.717) is 17.9 Å². The largest absolute Gasteiger partial charge is 0.333 e. The fraction of sp³-hybridized carbons (Fsp3) is 0.222. The van der Waals surface area contributed by atoms with Gasteiger partial charge in [0.25, 0.3) is 0 Å². The Bertz CT molecular complexity index is 778. The summed E-state index contributed by atoms with van der Waals surface area (Å²) < 4.78 is 13.3. The van der Waals surface area contributed by atoms with Gasteiger partial charge in [-0.25, -0.2) is 9.18 Å². The second-order valence-corrected chi connectivity index (χ2v) is 5.85. The zero-order chi connectivity index (χ0) is 17.1. The summed E-state index contributed by atoms with van der Waals surface area (Å²) in [7, 11) is 0. The van der Waals surface area contributed by atoms with Crippen LogP contribution < -0.4 is 15.5 Å². The number of nitrogens with one attached hydrogen (secondary N) is 2. The van der Waals surface area contributed by atoms with Crippen LogP contribution >= 0.6 is 0 Å². The Hall–Kier alpha value is -2.89. The van der Waals surface area contributed by atoms with Gasteiger partial charge < -0.3 is 15.5 Å². The van der Waals surface area contributed by atoms with Crippen LogP contribution in [0.25, 0.3) is 0 Å². The average Bonchev–Trinajstić information content (AvgIpc) is 2.87. The highest BCUT2D eigenvalue weighted by Crippen LogP contribution is 2.22. The molecule has 5 nitrogen and oxygen atoms in total. The maximum Gasteiger partial charge on any atom is 0.319 e. The number of rotatable bonds is 3. The smallest absolute Gasteiger partial charge is 0.319 e. The summed E-state index contributed by atoms with van der Waals surface area (Å²) >= 11 is 0.